The predicted octanol–water partition coefficient (Wildman–Crippen LogP) is 0.529. The molecule has 2 amide bonds. The highest BCUT2D eigenvalue weighted by Crippen LogP contribution is 2.38. The van der Waals surface area contributed by atoms with Gasteiger partial charge in [-0.3, -0.25) is 9.59 Å². The van der Waals surface area contributed by atoms with Crippen molar-refractivity contribution in [2.45, 2.75) is 39.2 Å². The first kappa shape index (κ1) is 15.0. The molecule has 1 spiro atoms. The number of carbonyl (C=O) groups is 2. The second kappa shape index (κ2) is 6.06. The predicted molar refractivity (Wildman–Crippen MR) is 79.8 cm³/mol. The van der Waals surface area contributed by atoms with E-state index in [2.05, 4.69) is 10.2 Å². The normalized spacial score (nSPS) is 25.8. The Kier molecular flexibility index (Phi) is 4.13. The van der Waals surface area contributed by atoms with Crippen molar-refractivity contribution in [2.24, 2.45) is 5.41 Å². The van der Waals surface area contributed by atoms with Crippen molar-refractivity contribution < 1.29 is 9.59 Å². The van der Waals surface area contributed by atoms with Crippen LogP contribution in [0.5, 0.6) is 0 Å². The maximum absolute atomic E-state index is 12.5. The van der Waals surface area contributed by atoms with Gasteiger partial charge in [-0.25, -0.2) is 0 Å². The van der Waals surface area contributed by atoms with E-state index in [1.165, 1.54) is 4.80 Å². The SMILES string of the molecule is CCN1C[C@]2(CCCN(C(=O)Cn3nccn3)C2)CCC1=O. The minimum absolute atomic E-state index is 0.0650. The number of carbonyl (C=O) groups excluding carboxylic acids is 2. The molecule has 0 aliphatic carbocycles. The first-order valence-corrected chi connectivity index (χ1v) is 8.01. The van der Waals surface area contributed by atoms with Crippen molar-refractivity contribution >= 4 is 11.8 Å². The molecule has 7 heteroatoms. The average molecular weight is 305 g/mol. The fraction of sp³-hybridized carbons (Fsp3) is 0.733. The summed E-state index contributed by atoms with van der Waals surface area (Å²) in [5.74, 6) is 0.313. The van der Waals surface area contributed by atoms with Gasteiger partial charge < -0.3 is 9.80 Å². The molecular weight excluding hydrogens is 282 g/mol. The van der Waals surface area contributed by atoms with Crippen LogP contribution in [0, 0.1) is 5.41 Å². The maximum Gasteiger partial charge on any atom is 0.246 e. The summed E-state index contributed by atoms with van der Waals surface area (Å²) in [4.78, 5) is 29.6. The van der Waals surface area contributed by atoms with Crippen LogP contribution in [-0.4, -0.2) is 62.8 Å². The zero-order chi connectivity index (χ0) is 15.6. The van der Waals surface area contributed by atoms with Gasteiger partial charge in [0.2, 0.25) is 11.8 Å². The van der Waals surface area contributed by atoms with Crippen LogP contribution in [-0.2, 0) is 16.1 Å². The van der Waals surface area contributed by atoms with E-state index in [0.717, 1.165) is 45.4 Å². The number of likely N-dealkylation sites (tertiary alicyclic amines) is 2. The van der Waals surface area contributed by atoms with Gasteiger partial charge in [-0.1, -0.05) is 0 Å². The smallest absolute Gasteiger partial charge is 0.246 e. The Bertz CT molecular complexity index is 544. The largest absolute Gasteiger partial charge is 0.342 e. The van der Waals surface area contributed by atoms with Gasteiger partial charge in [-0.15, -0.1) is 0 Å². The molecule has 1 aromatic heterocycles. The molecule has 0 bridgehead atoms. The summed E-state index contributed by atoms with van der Waals surface area (Å²) in [6.45, 7) is 5.29. The molecule has 0 aromatic carbocycles. The second-order valence-corrected chi connectivity index (χ2v) is 6.39. The molecule has 3 rings (SSSR count). The molecule has 2 fully saturated rings. The average Bonchev–Trinajstić information content (AvgIpc) is 3.03. The Hall–Kier alpha value is -1.92. The van der Waals surface area contributed by atoms with Gasteiger partial charge >= 0.3 is 0 Å². The molecule has 120 valence electrons. The van der Waals surface area contributed by atoms with Gasteiger partial charge in [0.15, 0.2) is 0 Å². The molecule has 0 radical (unpaired) electrons. The molecule has 22 heavy (non-hydrogen) atoms. The van der Waals surface area contributed by atoms with E-state index < -0.39 is 0 Å². The van der Waals surface area contributed by atoms with Gasteiger partial charge in [-0.05, 0) is 26.2 Å². The van der Waals surface area contributed by atoms with Crippen molar-refractivity contribution in [2.75, 3.05) is 26.2 Å². The molecule has 1 aromatic rings. The molecule has 2 aliphatic rings. The van der Waals surface area contributed by atoms with Crippen molar-refractivity contribution in [3.8, 4) is 0 Å². The van der Waals surface area contributed by atoms with Crippen molar-refractivity contribution in [1.82, 2.24) is 24.8 Å². The molecular formula is C15H23N5O2. The van der Waals surface area contributed by atoms with Gasteiger partial charge in [-0.2, -0.15) is 15.0 Å². The lowest BCUT2D eigenvalue weighted by Gasteiger charge is -2.48. The minimum Gasteiger partial charge on any atom is -0.342 e. The summed E-state index contributed by atoms with van der Waals surface area (Å²) in [6, 6.07) is 0. The summed E-state index contributed by atoms with van der Waals surface area (Å²) in [6.07, 6.45) is 6.76. The quantitative estimate of drug-likeness (QED) is 0.816. The zero-order valence-corrected chi connectivity index (χ0v) is 13.1. The highest BCUT2D eigenvalue weighted by atomic mass is 16.2. The monoisotopic (exact) mass is 305 g/mol. The van der Waals surface area contributed by atoms with Crippen molar-refractivity contribution in [3.63, 3.8) is 0 Å². The zero-order valence-electron chi connectivity index (χ0n) is 13.1. The van der Waals surface area contributed by atoms with E-state index in [0.29, 0.717) is 6.42 Å². The van der Waals surface area contributed by atoms with Crippen LogP contribution >= 0.6 is 0 Å². The number of aromatic nitrogens is 3. The highest BCUT2D eigenvalue weighted by Gasteiger charge is 2.42. The van der Waals surface area contributed by atoms with Gasteiger partial charge in [0.1, 0.15) is 6.54 Å². The Morgan fingerprint density at radius 1 is 1.27 bits per heavy atom. The lowest BCUT2D eigenvalue weighted by molar-refractivity contribution is -0.143. The van der Waals surface area contributed by atoms with E-state index >= 15 is 0 Å². The standard InChI is InChI=1S/C15H23N5O2/c1-2-18-11-15(6-4-13(18)21)5-3-9-19(12-15)14(22)10-20-16-7-8-17-20/h7-8H,2-6,9-12H2,1H3/t15-/m0/s1. The van der Waals surface area contributed by atoms with Crippen LogP contribution in [0.1, 0.15) is 32.6 Å². The van der Waals surface area contributed by atoms with E-state index in [9.17, 15) is 9.59 Å². The third-order valence-electron chi connectivity index (χ3n) is 4.89. The number of hydrogen-bond donors (Lipinski definition) is 0. The Balaban J connectivity index is 1.66. The van der Waals surface area contributed by atoms with Crippen LogP contribution in [0.15, 0.2) is 12.4 Å². The molecule has 2 saturated heterocycles. The van der Waals surface area contributed by atoms with Crippen LogP contribution in [0.3, 0.4) is 0 Å². The molecule has 2 aliphatic heterocycles. The molecule has 0 saturated carbocycles. The first-order chi connectivity index (χ1) is 10.6. The highest BCUT2D eigenvalue weighted by molar-refractivity contribution is 5.78. The Morgan fingerprint density at radius 3 is 2.77 bits per heavy atom. The Labute approximate surface area is 130 Å². The molecule has 1 atom stereocenters. The molecule has 0 N–H and O–H groups in total. The summed E-state index contributed by atoms with van der Waals surface area (Å²) in [5.41, 5.74) is 0.0787. The summed E-state index contributed by atoms with van der Waals surface area (Å²) < 4.78 is 0. The fourth-order valence-corrected chi connectivity index (χ4v) is 3.69. The number of rotatable bonds is 3. The van der Waals surface area contributed by atoms with E-state index in [1.54, 1.807) is 12.4 Å². The van der Waals surface area contributed by atoms with Crippen LogP contribution < -0.4 is 0 Å². The van der Waals surface area contributed by atoms with E-state index in [1.807, 2.05) is 16.7 Å². The number of hydrogen-bond acceptors (Lipinski definition) is 4. The molecule has 0 unspecified atom stereocenters. The first-order valence-electron chi connectivity index (χ1n) is 8.01. The van der Waals surface area contributed by atoms with E-state index in [4.69, 9.17) is 0 Å². The van der Waals surface area contributed by atoms with Gasteiger partial charge in [0.25, 0.3) is 0 Å². The summed E-state index contributed by atoms with van der Waals surface area (Å²) >= 11 is 0. The van der Waals surface area contributed by atoms with Crippen molar-refractivity contribution in [1.29, 1.82) is 0 Å². The minimum atomic E-state index is 0.0650. The Morgan fingerprint density at radius 2 is 2.05 bits per heavy atom. The second-order valence-electron chi connectivity index (χ2n) is 6.39. The maximum atomic E-state index is 12.5. The van der Waals surface area contributed by atoms with Crippen LogP contribution in [0.25, 0.3) is 0 Å². The van der Waals surface area contributed by atoms with Gasteiger partial charge in [0.05, 0.1) is 12.4 Å². The number of amides is 2. The lowest BCUT2D eigenvalue weighted by Crippen LogP contribution is -2.55. The number of piperidine rings is 2. The fourth-order valence-electron chi connectivity index (χ4n) is 3.69. The topological polar surface area (TPSA) is 71.3 Å². The third kappa shape index (κ3) is 2.98. The van der Waals surface area contributed by atoms with E-state index in [-0.39, 0.29) is 23.8 Å². The lowest BCUT2D eigenvalue weighted by atomic mass is 9.73. The number of nitrogens with zero attached hydrogens (tertiary/aromatic N) is 5. The summed E-state index contributed by atoms with van der Waals surface area (Å²) in [5, 5.41) is 7.99. The summed E-state index contributed by atoms with van der Waals surface area (Å²) in [7, 11) is 0. The van der Waals surface area contributed by atoms with Crippen molar-refractivity contribution in [3.05, 3.63) is 12.4 Å². The molecule has 3 heterocycles. The van der Waals surface area contributed by atoms with Crippen LogP contribution in [0.2, 0.25) is 0 Å². The van der Waals surface area contributed by atoms with Gasteiger partial charge in [0, 0.05) is 38.0 Å². The van der Waals surface area contributed by atoms with Crippen LogP contribution in [0.4, 0.5) is 0 Å². The molecule has 7 nitrogen and oxygen atoms in total. The third-order valence-corrected chi connectivity index (χ3v) is 4.89.